The molecule has 2 rings (SSSR count). The zero-order valence-corrected chi connectivity index (χ0v) is 13.2. The zero-order valence-electron chi connectivity index (χ0n) is 11.6. The molecule has 0 N–H and O–H groups in total. The van der Waals surface area contributed by atoms with E-state index in [1.807, 2.05) is 25.1 Å². The second-order valence-electron chi connectivity index (χ2n) is 4.44. The normalized spacial score (nSPS) is 10.2. The van der Waals surface area contributed by atoms with Gasteiger partial charge in [-0.2, -0.15) is 0 Å². The van der Waals surface area contributed by atoms with Crippen molar-refractivity contribution in [3.63, 3.8) is 0 Å². The summed E-state index contributed by atoms with van der Waals surface area (Å²) >= 11 is 3.41. The van der Waals surface area contributed by atoms with Crippen molar-refractivity contribution in [1.82, 2.24) is 0 Å². The molecule has 0 aliphatic rings. The fourth-order valence-electron chi connectivity index (χ4n) is 1.89. The monoisotopic (exact) mass is 351 g/mol. The summed E-state index contributed by atoms with van der Waals surface area (Å²) in [4.78, 5) is 10.4. The molecule has 2 aromatic rings. The number of aryl methyl sites for hydroxylation is 1. The van der Waals surface area contributed by atoms with Gasteiger partial charge in [0.25, 0.3) is 5.69 Å². The van der Waals surface area contributed by atoms with Gasteiger partial charge in [0.1, 0.15) is 5.75 Å². The van der Waals surface area contributed by atoms with Crippen LogP contribution < -0.4 is 9.47 Å². The van der Waals surface area contributed by atoms with Gasteiger partial charge in [-0.3, -0.25) is 10.1 Å². The Bertz CT molecular complexity index is 673. The van der Waals surface area contributed by atoms with Crippen molar-refractivity contribution in [2.24, 2.45) is 0 Å². The highest BCUT2D eigenvalue weighted by molar-refractivity contribution is 9.08. The molecular weight excluding hydrogens is 338 g/mol. The van der Waals surface area contributed by atoms with Gasteiger partial charge in [0.15, 0.2) is 11.5 Å². The van der Waals surface area contributed by atoms with Crippen LogP contribution in [0.25, 0.3) is 0 Å². The van der Waals surface area contributed by atoms with Crippen molar-refractivity contribution in [2.75, 3.05) is 7.11 Å². The number of ether oxygens (including phenoxy) is 2. The Balaban J connectivity index is 2.42. The van der Waals surface area contributed by atoms with Gasteiger partial charge >= 0.3 is 0 Å². The maximum absolute atomic E-state index is 10.9. The summed E-state index contributed by atoms with van der Waals surface area (Å²) in [7, 11) is 1.49. The third-order valence-electron chi connectivity index (χ3n) is 2.94. The maximum atomic E-state index is 10.9. The molecule has 0 radical (unpaired) electrons. The van der Waals surface area contributed by atoms with E-state index in [9.17, 15) is 10.1 Å². The van der Waals surface area contributed by atoms with Gasteiger partial charge in [0, 0.05) is 17.0 Å². The predicted octanol–water partition coefficient (Wildman–Crippen LogP) is 4.60. The number of alkyl halides is 1. The molecular formula is C15H14BrNO4. The number of nitrogens with zero attached hydrogens (tertiary/aromatic N) is 1. The Morgan fingerprint density at radius 1 is 1.14 bits per heavy atom. The van der Waals surface area contributed by atoms with E-state index in [1.54, 1.807) is 0 Å². The third kappa shape index (κ3) is 3.52. The standard InChI is InChI=1S/C15H14BrNO4/c1-10-3-5-13(11(7-10)9-16)21-15-8-12(17(18)19)4-6-14(15)20-2/h3-8H,9H2,1-2H3. The van der Waals surface area contributed by atoms with Crippen LogP contribution in [0.1, 0.15) is 11.1 Å². The van der Waals surface area contributed by atoms with E-state index in [4.69, 9.17) is 9.47 Å². The van der Waals surface area contributed by atoms with E-state index in [1.165, 1.54) is 25.3 Å². The zero-order chi connectivity index (χ0) is 15.4. The highest BCUT2D eigenvalue weighted by atomic mass is 79.9. The van der Waals surface area contributed by atoms with E-state index in [0.717, 1.165) is 11.1 Å². The summed E-state index contributed by atoms with van der Waals surface area (Å²) in [5.74, 6) is 1.40. The van der Waals surface area contributed by atoms with Crippen LogP contribution in [-0.2, 0) is 5.33 Å². The van der Waals surface area contributed by atoms with E-state index < -0.39 is 4.92 Å². The van der Waals surface area contributed by atoms with Gasteiger partial charge < -0.3 is 9.47 Å². The number of nitro groups is 1. The van der Waals surface area contributed by atoms with Crippen LogP contribution in [0.15, 0.2) is 36.4 Å². The Hall–Kier alpha value is -2.08. The van der Waals surface area contributed by atoms with Crippen molar-refractivity contribution in [3.05, 3.63) is 57.6 Å². The molecule has 0 aliphatic heterocycles. The first-order valence-electron chi connectivity index (χ1n) is 6.21. The van der Waals surface area contributed by atoms with Crippen molar-refractivity contribution in [3.8, 4) is 17.2 Å². The first-order valence-corrected chi connectivity index (χ1v) is 7.33. The average Bonchev–Trinajstić information content (AvgIpc) is 2.48. The van der Waals surface area contributed by atoms with Crippen LogP contribution in [0, 0.1) is 17.0 Å². The average molecular weight is 352 g/mol. The van der Waals surface area contributed by atoms with Crippen molar-refractivity contribution in [1.29, 1.82) is 0 Å². The summed E-state index contributed by atoms with van der Waals surface area (Å²) in [6.45, 7) is 1.99. The lowest BCUT2D eigenvalue weighted by molar-refractivity contribution is -0.384. The van der Waals surface area contributed by atoms with E-state index in [0.29, 0.717) is 22.6 Å². The Morgan fingerprint density at radius 2 is 1.86 bits per heavy atom. The number of benzene rings is 2. The van der Waals surface area contributed by atoms with E-state index in [2.05, 4.69) is 15.9 Å². The molecule has 0 spiro atoms. The molecule has 0 fully saturated rings. The van der Waals surface area contributed by atoms with Gasteiger partial charge in [-0.05, 0) is 19.1 Å². The molecule has 110 valence electrons. The van der Waals surface area contributed by atoms with Crippen LogP contribution >= 0.6 is 15.9 Å². The SMILES string of the molecule is COc1ccc([N+](=O)[O-])cc1Oc1ccc(C)cc1CBr. The fraction of sp³-hybridized carbons (Fsp3) is 0.200. The topological polar surface area (TPSA) is 61.6 Å². The molecule has 0 aliphatic carbocycles. The molecule has 6 heteroatoms. The Labute approximate surface area is 130 Å². The lowest BCUT2D eigenvalue weighted by Crippen LogP contribution is -1.95. The highest BCUT2D eigenvalue weighted by Gasteiger charge is 2.14. The molecule has 0 atom stereocenters. The number of methoxy groups -OCH3 is 1. The molecule has 5 nitrogen and oxygen atoms in total. The molecule has 21 heavy (non-hydrogen) atoms. The summed E-state index contributed by atoms with van der Waals surface area (Å²) < 4.78 is 11.0. The second-order valence-corrected chi connectivity index (χ2v) is 5.00. The second kappa shape index (κ2) is 6.58. The Morgan fingerprint density at radius 3 is 2.48 bits per heavy atom. The minimum atomic E-state index is -0.465. The van der Waals surface area contributed by atoms with Crippen molar-refractivity contribution >= 4 is 21.6 Å². The van der Waals surface area contributed by atoms with E-state index in [-0.39, 0.29) is 5.69 Å². The van der Waals surface area contributed by atoms with E-state index >= 15 is 0 Å². The maximum Gasteiger partial charge on any atom is 0.273 e. The minimum absolute atomic E-state index is 0.0432. The third-order valence-corrected chi connectivity index (χ3v) is 3.54. The number of non-ortho nitro benzene ring substituents is 1. The lowest BCUT2D eigenvalue weighted by atomic mass is 10.1. The summed E-state index contributed by atoms with van der Waals surface area (Å²) in [5, 5.41) is 11.5. The highest BCUT2D eigenvalue weighted by Crippen LogP contribution is 2.36. The molecule has 0 saturated carbocycles. The van der Waals surface area contributed by atoms with Crippen LogP contribution in [0.5, 0.6) is 17.2 Å². The number of nitro benzene ring substituents is 1. The predicted molar refractivity (Wildman–Crippen MR) is 83.5 cm³/mol. The molecule has 0 saturated heterocycles. The molecule has 0 bridgehead atoms. The first kappa shape index (κ1) is 15.3. The summed E-state index contributed by atoms with van der Waals surface area (Å²) in [6.07, 6.45) is 0. The number of hydrogen-bond acceptors (Lipinski definition) is 4. The molecule has 0 aromatic heterocycles. The molecule has 2 aromatic carbocycles. The van der Waals surface area contributed by atoms with Crippen molar-refractivity contribution < 1.29 is 14.4 Å². The van der Waals surface area contributed by atoms with Crippen LogP contribution in [0.2, 0.25) is 0 Å². The van der Waals surface area contributed by atoms with Gasteiger partial charge in [-0.1, -0.05) is 33.6 Å². The molecule has 0 heterocycles. The number of rotatable bonds is 5. The van der Waals surface area contributed by atoms with Gasteiger partial charge in [-0.25, -0.2) is 0 Å². The van der Waals surface area contributed by atoms with Crippen LogP contribution in [0.3, 0.4) is 0 Å². The fourth-order valence-corrected chi connectivity index (χ4v) is 2.33. The Kier molecular flexibility index (Phi) is 4.80. The van der Waals surface area contributed by atoms with Crippen LogP contribution in [0.4, 0.5) is 5.69 Å². The van der Waals surface area contributed by atoms with Crippen molar-refractivity contribution in [2.45, 2.75) is 12.3 Å². The summed E-state index contributed by atoms with van der Waals surface area (Å²) in [6, 6.07) is 10.0. The number of halogens is 1. The molecule has 0 amide bonds. The largest absolute Gasteiger partial charge is 0.493 e. The quantitative estimate of drug-likeness (QED) is 0.448. The first-order chi connectivity index (χ1) is 10.0. The smallest absolute Gasteiger partial charge is 0.273 e. The number of hydrogen-bond donors (Lipinski definition) is 0. The van der Waals surface area contributed by atoms with Gasteiger partial charge in [0.05, 0.1) is 18.1 Å². The van der Waals surface area contributed by atoms with Gasteiger partial charge in [0.2, 0.25) is 0 Å². The van der Waals surface area contributed by atoms with Gasteiger partial charge in [-0.15, -0.1) is 0 Å². The van der Waals surface area contributed by atoms with Crippen LogP contribution in [-0.4, -0.2) is 12.0 Å². The minimum Gasteiger partial charge on any atom is -0.493 e. The lowest BCUT2D eigenvalue weighted by Gasteiger charge is -2.13. The summed E-state index contributed by atoms with van der Waals surface area (Å²) in [5.41, 5.74) is 2.03. The molecule has 0 unspecified atom stereocenters.